The van der Waals surface area contributed by atoms with Crippen molar-refractivity contribution < 1.29 is 9.59 Å². The van der Waals surface area contributed by atoms with E-state index in [1.54, 1.807) is 24.5 Å². The minimum atomic E-state index is -0.466. The van der Waals surface area contributed by atoms with E-state index in [0.717, 1.165) is 44.0 Å². The second kappa shape index (κ2) is 13.9. The van der Waals surface area contributed by atoms with E-state index in [2.05, 4.69) is 71.0 Å². The van der Waals surface area contributed by atoms with Gasteiger partial charge in [-0.1, -0.05) is 44.9 Å². The molecule has 234 valence electrons. The van der Waals surface area contributed by atoms with E-state index in [0.29, 0.717) is 46.4 Å². The molecule has 0 aliphatic carbocycles. The summed E-state index contributed by atoms with van der Waals surface area (Å²) in [5, 5.41) is 5.96. The fourth-order valence-electron chi connectivity index (χ4n) is 5.80. The number of carbonyl (C=O) groups excluding carboxylic acids is 2. The first kappa shape index (κ1) is 31.7. The van der Waals surface area contributed by atoms with Crippen LogP contribution in [0.3, 0.4) is 0 Å². The van der Waals surface area contributed by atoms with E-state index in [4.69, 9.17) is 10.7 Å². The number of rotatable bonds is 8. The van der Waals surface area contributed by atoms with Crippen molar-refractivity contribution in [2.75, 3.05) is 50.3 Å². The van der Waals surface area contributed by atoms with Crippen LogP contribution in [-0.4, -0.2) is 75.3 Å². The number of aryl methyl sites for hydroxylation is 1. The summed E-state index contributed by atoms with van der Waals surface area (Å²) in [5.41, 5.74) is 11.8. The van der Waals surface area contributed by atoms with Crippen molar-refractivity contribution >= 4 is 28.8 Å². The summed E-state index contributed by atoms with van der Waals surface area (Å²) in [5.74, 6) is 6.43. The zero-order valence-corrected chi connectivity index (χ0v) is 26.7. The van der Waals surface area contributed by atoms with Crippen LogP contribution in [0.2, 0.25) is 0 Å². The van der Waals surface area contributed by atoms with Crippen molar-refractivity contribution in [1.29, 1.82) is 0 Å². The van der Waals surface area contributed by atoms with Gasteiger partial charge < -0.3 is 21.3 Å². The smallest absolute Gasteiger partial charge is 0.296 e. The average Bonchev–Trinajstić information content (AvgIpc) is 3.42. The molecule has 3 heterocycles. The molecule has 4 aromatic rings. The number of piperazine rings is 1. The molecule has 2 aromatic carbocycles. The molecule has 1 aliphatic rings. The van der Waals surface area contributed by atoms with E-state index in [1.807, 2.05) is 35.6 Å². The number of hydrogen-bond donors (Lipinski definition) is 3. The van der Waals surface area contributed by atoms with Gasteiger partial charge in [-0.2, -0.15) is 0 Å². The van der Waals surface area contributed by atoms with E-state index >= 15 is 0 Å². The largest absolute Gasteiger partial charge is 0.382 e. The van der Waals surface area contributed by atoms with Crippen molar-refractivity contribution in [2.24, 2.45) is 0 Å². The van der Waals surface area contributed by atoms with Crippen LogP contribution in [0.4, 0.5) is 11.5 Å². The highest BCUT2D eigenvalue weighted by Gasteiger charge is 2.22. The predicted molar refractivity (Wildman–Crippen MR) is 179 cm³/mol. The maximum Gasteiger partial charge on any atom is 0.296 e. The number of carbonyl (C=O) groups is 2. The fraction of sp³-hybridized carbons (Fsp3) is 0.371. The zero-order chi connectivity index (χ0) is 32.1. The van der Waals surface area contributed by atoms with E-state index in [9.17, 15) is 9.59 Å². The number of hydrogen-bond acceptors (Lipinski definition) is 7. The molecule has 1 atom stereocenters. The quantitative estimate of drug-likeness (QED) is 0.253. The maximum atomic E-state index is 13.3. The highest BCUT2D eigenvalue weighted by Crippen LogP contribution is 2.31. The highest BCUT2D eigenvalue weighted by molar-refractivity contribution is 6.05. The van der Waals surface area contributed by atoms with Gasteiger partial charge in [-0.25, -0.2) is 9.97 Å². The number of benzene rings is 2. The third-order valence-corrected chi connectivity index (χ3v) is 8.31. The Labute approximate surface area is 265 Å². The monoisotopic (exact) mass is 606 g/mol. The summed E-state index contributed by atoms with van der Waals surface area (Å²) in [6.07, 6.45) is 3.36. The lowest BCUT2D eigenvalue weighted by Crippen LogP contribution is -2.46. The molecule has 0 saturated carbocycles. The molecule has 4 N–H and O–H groups in total. The first-order valence-electron chi connectivity index (χ1n) is 15.5. The molecule has 10 nitrogen and oxygen atoms in total. The van der Waals surface area contributed by atoms with Gasteiger partial charge in [0, 0.05) is 55.4 Å². The first-order chi connectivity index (χ1) is 21.6. The molecule has 0 spiro atoms. The summed E-state index contributed by atoms with van der Waals surface area (Å²) in [4.78, 5) is 39.9. The fourth-order valence-corrected chi connectivity index (χ4v) is 5.80. The van der Waals surface area contributed by atoms with Crippen LogP contribution in [0.15, 0.2) is 54.9 Å². The van der Waals surface area contributed by atoms with Crippen molar-refractivity contribution in [3.05, 3.63) is 77.4 Å². The van der Waals surface area contributed by atoms with Gasteiger partial charge in [0.25, 0.3) is 11.8 Å². The van der Waals surface area contributed by atoms with Crippen LogP contribution >= 0.6 is 0 Å². The van der Waals surface area contributed by atoms with Crippen molar-refractivity contribution in [3.8, 4) is 23.1 Å². The molecule has 1 aliphatic heterocycles. The van der Waals surface area contributed by atoms with Crippen LogP contribution in [0, 0.1) is 18.8 Å². The molecule has 2 amide bonds. The number of imidazole rings is 1. The molecule has 2 aromatic heterocycles. The van der Waals surface area contributed by atoms with Crippen LogP contribution in [-0.2, 0) is 4.79 Å². The Bertz CT molecular complexity index is 1760. The normalized spacial score (nSPS) is 14.6. The van der Waals surface area contributed by atoms with Gasteiger partial charge >= 0.3 is 0 Å². The third kappa shape index (κ3) is 7.33. The van der Waals surface area contributed by atoms with Crippen LogP contribution in [0.1, 0.15) is 67.0 Å². The van der Waals surface area contributed by atoms with Crippen molar-refractivity contribution in [2.45, 2.75) is 46.6 Å². The Kier molecular flexibility index (Phi) is 9.81. The third-order valence-electron chi connectivity index (χ3n) is 8.31. The number of amides is 2. The number of nitrogens with zero attached hydrogens (tertiary/aromatic N) is 5. The lowest BCUT2D eigenvalue weighted by molar-refractivity contribution is -0.116. The summed E-state index contributed by atoms with van der Waals surface area (Å²) in [6, 6.07) is 12.8. The Morgan fingerprint density at radius 3 is 2.51 bits per heavy atom. The van der Waals surface area contributed by atoms with Gasteiger partial charge in [0.15, 0.2) is 0 Å². The Morgan fingerprint density at radius 1 is 1.04 bits per heavy atom. The molecule has 0 unspecified atom stereocenters. The van der Waals surface area contributed by atoms with Gasteiger partial charge in [-0.3, -0.25) is 18.9 Å². The number of likely N-dealkylation sites (N-methyl/N-ethyl adjacent to an activating group) is 1. The number of fused-ring (bicyclic) bond motifs is 1. The lowest BCUT2D eigenvalue weighted by Gasteiger charge is -2.32. The summed E-state index contributed by atoms with van der Waals surface area (Å²) in [6.45, 7) is 15.9. The Morgan fingerprint density at radius 2 is 1.80 bits per heavy atom. The molecule has 10 heteroatoms. The van der Waals surface area contributed by atoms with Crippen molar-refractivity contribution in [1.82, 2.24) is 29.5 Å². The molecule has 1 saturated heterocycles. The topological polar surface area (TPSA) is 121 Å². The standard InChI is InChI=1S/C35H42N8O2/c1-6-41-17-19-42(20-18-41)15-8-11-30(44)38-25(5)34-40-31(32-33(36)37-14-16-43(32)34)26-9-7-10-27(22-26)35(45)39-28-12-13-29(23(2)3)24(4)21-28/h7,9-10,12-14,16,21-23,25H,6,15,17-20H2,1-5H3,(H2,36,37)(H,38,44)(H,39,45)/t25-/m0/s1. The highest BCUT2D eigenvalue weighted by atomic mass is 16.2. The SMILES string of the molecule is CCN1CCN(CC#CC(=O)N[C@@H](C)c2nc(-c3cccc(C(=O)Nc4ccc(C(C)C)c(C)c4)c3)c3c(N)nccn23)CC1. The van der Waals surface area contributed by atoms with Gasteiger partial charge in [-0.15, -0.1) is 0 Å². The summed E-state index contributed by atoms with van der Waals surface area (Å²) in [7, 11) is 0. The van der Waals surface area contributed by atoms with Crippen LogP contribution in [0.5, 0.6) is 0 Å². The molecule has 1 fully saturated rings. The lowest BCUT2D eigenvalue weighted by atomic mass is 9.97. The van der Waals surface area contributed by atoms with Crippen molar-refractivity contribution in [3.63, 3.8) is 0 Å². The molecular weight excluding hydrogens is 564 g/mol. The van der Waals surface area contributed by atoms with E-state index in [-0.39, 0.29) is 11.8 Å². The van der Waals surface area contributed by atoms with E-state index in [1.165, 1.54) is 5.56 Å². The minimum Gasteiger partial charge on any atom is -0.382 e. The molecule has 45 heavy (non-hydrogen) atoms. The van der Waals surface area contributed by atoms with Gasteiger partial charge in [0.2, 0.25) is 0 Å². The Hall–Kier alpha value is -4.72. The first-order valence-corrected chi connectivity index (χ1v) is 15.5. The molecular formula is C35H42N8O2. The van der Waals surface area contributed by atoms with Gasteiger partial charge in [0.05, 0.1) is 12.6 Å². The Balaban J connectivity index is 1.33. The molecule has 0 bridgehead atoms. The number of nitrogens with two attached hydrogens (primary N) is 1. The second-order valence-corrected chi connectivity index (χ2v) is 11.8. The number of anilines is 2. The van der Waals surface area contributed by atoms with Crippen LogP contribution in [0.25, 0.3) is 16.8 Å². The van der Waals surface area contributed by atoms with Gasteiger partial charge in [-0.05, 0) is 67.6 Å². The van der Waals surface area contributed by atoms with E-state index < -0.39 is 6.04 Å². The number of nitrogens with one attached hydrogen (secondary N) is 2. The second-order valence-electron chi connectivity index (χ2n) is 11.8. The van der Waals surface area contributed by atoms with Gasteiger partial charge in [0.1, 0.15) is 22.9 Å². The minimum absolute atomic E-state index is 0.227. The molecule has 0 radical (unpaired) electrons. The average molecular weight is 607 g/mol. The maximum absolute atomic E-state index is 13.3. The summed E-state index contributed by atoms with van der Waals surface area (Å²) < 4.78 is 1.83. The predicted octanol–water partition coefficient (Wildman–Crippen LogP) is 4.48. The van der Waals surface area contributed by atoms with Crippen LogP contribution < -0.4 is 16.4 Å². The molecule has 5 rings (SSSR count). The zero-order valence-electron chi connectivity index (χ0n) is 26.7. The summed E-state index contributed by atoms with van der Waals surface area (Å²) >= 11 is 0. The number of aromatic nitrogens is 3. The number of nitrogen functional groups attached to an aromatic ring is 1.